The van der Waals surface area contributed by atoms with Gasteiger partial charge < -0.3 is 5.11 Å². The number of rotatable bonds is 5. The van der Waals surface area contributed by atoms with Gasteiger partial charge >= 0.3 is 0 Å². The Morgan fingerprint density at radius 1 is 0.690 bits per heavy atom. The maximum atomic E-state index is 15.0. The lowest BCUT2D eigenvalue weighted by atomic mass is 9.83. The Morgan fingerprint density at radius 2 is 1.07 bits per heavy atom. The molecule has 0 bridgehead atoms. The van der Waals surface area contributed by atoms with Crippen molar-refractivity contribution in [2.75, 3.05) is 0 Å². The molecule has 2 heterocycles. The molecule has 2 aromatic heterocycles. The Bertz CT molecular complexity index is 1030. The molecule has 0 saturated heterocycles. The van der Waals surface area contributed by atoms with Gasteiger partial charge in [0.1, 0.15) is 6.17 Å². The van der Waals surface area contributed by atoms with Gasteiger partial charge in [-0.3, -0.25) is 0 Å². The Kier molecular flexibility index (Phi) is 4.84. The fourth-order valence-electron chi connectivity index (χ4n) is 4.07. The van der Waals surface area contributed by atoms with Gasteiger partial charge in [0, 0.05) is 11.4 Å². The van der Waals surface area contributed by atoms with E-state index in [-0.39, 0.29) is 0 Å². The SMILES string of the molecule is Cc1cc(C)n(C(n2nc(C)cc2C)C([O-])(c2ccccc2)c2ccccc2)n1. The second kappa shape index (κ2) is 7.33. The van der Waals surface area contributed by atoms with Crippen LogP contribution in [0, 0.1) is 27.7 Å². The van der Waals surface area contributed by atoms with Crippen molar-refractivity contribution in [3.8, 4) is 0 Å². The minimum Gasteiger partial charge on any atom is -0.840 e. The summed E-state index contributed by atoms with van der Waals surface area (Å²) in [6, 6.07) is 23.0. The van der Waals surface area contributed by atoms with Crippen LogP contribution in [0.3, 0.4) is 0 Å². The maximum Gasteiger partial charge on any atom is 0.142 e. The molecule has 0 saturated carbocycles. The summed E-state index contributed by atoms with van der Waals surface area (Å²) in [5.41, 5.74) is 3.32. The maximum absolute atomic E-state index is 15.0. The van der Waals surface area contributed by atoms with Crippen molar-refractivity contribution in [1.29, 1.82) is 0 Å². The van der Waals surface area contributed by atoms with E-state index in [2.05, 4.69) is 0 Å². The summed E-state index contributed by atoms with van der Waals surface area (Å²) in [5, 5.41) is 24.4. The van der Waals surface area contributed by atoms with Crippen LogP contribution in [0.4, 0.5) is 0 Å². The lowest BCUT2D eigenvalue weighted by molar-refractivity contribution is -0.487. The summed E-state index contributed by atoms with van der Waals surface area (Å²) >= 11 is 0. The summed E-state index contributed by atoms with van der Waals surface area (Å²) in [7, 11) is 0. The van der Waals surface area contributed by atoms with Gasteiger partial charge in [-0.1, -0.05) is 60.7 Å². The molecule has 5 nitrogen and oxygen atoms in total. The van der Waals surface area contributed by atoms with Gasteiger partial charge in [-0.05, 0) is 56.6 Å². The predicted molar refractivity (Wildman–Crippen MR) is 112 cm³/mol. The van der Waals surface area contributed by atoms with Gasteiger partial charge in [-0.15, -0.1) is 0 Å². The van der Waals surface area contributed by atoms with Gasteiger partial charge in [-0.25, -0.2) is 9.36 Å². The summed E-state index contributed by atoms with van der Waals surface area (Å²) < 4.78 is 3.64. The van der Waals surface area contributed by atoms with E-state index in [0.29, 0.717) is 11.1 Å². The van der Waals surface area contributed by atoms with Gasteiger partial charge in [0.05, 0.1) is 11.4 Å². The van der Waals surface area contributed by atoms with E-state index >= 15 is 5.11 Å². The fraction of sp³-hybridized carbons (Fsp3) is 0.250. The second-order valence-corrected chi connectivity index (χ2v) is 7.58. The molecule has 148 valence electrons. The molecule has 0 unspecified atom stereocenters. The van der Waals surface area contributed by atoms with Crippen LogP contribution >= 0.6 is 0 Å². The van der Waals surface area contributed by atoms with Crippen LogP contribution in [0.5, 0.6) is 0 Å². The molecule has 5 heteroatoms. The molecule has 0 aliphatic heterocycles. The summed E-state index contributed by atoms with van der Waals surface area (Å²) in [6.45, 7) is 7.85. The summed E-state index contributed by atoms with van der Waals surface area (Å²) in [4.78, 5) is 0. The number of hydrogen-bond donors (Lipinski definition) is 0. The molecule has 0 aliphatic rings. The molecule has 4 aromatic rings. The normalized spacial score (nSPS) is 11.9. The second-order valence-electron chi connectivity index (χ2n) is 7.58. The first-order valence-corrected chi connectivity index (χ1v) is 9.78. The minimum absolute atomic E-state index is 0.677. The first kappa shape index (κ1) is 19.2. The van der Waals surface area contributed by atoms with Gasteiger partial charge in [0.25, 0.3) is 0 Å². The van der Waals surface area contributed by atoms with E-state index in [4.69, 9.17) is 10.2 Å². The zero-order chi connectivity index (χ0) is 20.6. The number of hydrogen-bond acceptors (Lipinski definition) is 3. The molecule has 2 aromatic carbocycles. The Labute approximate surface area is 171 Å². The van der Waals surface area contributed by atoms with Crippen LogP contribution in [-0.4, -0.2) is 19.6 Å². The smallest absolute Gasteiger partial charge is 0.142 e. The number of benzene rings is 2. The van der Waals surface area contributed by atoms with Crippen molar-refractivity contribution in [1.82, 2.24) is 19.6 Å². The predicted octanol–water partition coefficient (Wildman–Crippen LogP) is 3.66. The highest BCUT2D eigenvalue weighted by atomic mass is 16.3. The third-order valence-electron chi connectivity index (χ3n) is 5.32. The molecular formula is C24H25N4O-. The largest absolute Gasteiger partial charge is 0.840 e. The highest BCUT2D eigenvalue weighted by Crippen LogP contribution is 2.39. The summed E-state index contributed by atoms with van der Waals surface area (Å²) in [5.74, 6) is 0. The molecule has 4 rings (SSSR count). The van der Waals surface area contributed by atoms with E-state index in [1.807, 2.05) is 110 Å². The molecule has 0 spiro atoms. The number of aromatic nitrogens is 4. The third-order valence-corrected chi connectivity index (χ3v) is 5.32. The first-order chi connectivity index (χ1) is 13.9. The van der Waals surface area contributed by atoms with Crippen molar-refractivity contribution >= 4 is 0 Å². The van der Waals surface area contributed by atoms with Crippen LogP contribution in [0.25, 0.3) is 0 Å². The monoisotopic (exact) mass is 385 g/mol. The number of aryl methyl sites for hydroxylation is 4. The molecule has 0 fully saturated rings. The molecule has 29 heavy (non-hydrogen) atoms. The van der Waals surface area contributed by atoms with Crippen LogP contribution < -0.4 is 5.11 Å². The van der Waals surface area contributed by atoms with E-state index in [0.717, 1.165) is 22.8 Å². The Balaban J connectivity index is 2.07. The van der Waals surface area contributed by atoms with Gasteiger partial charge in [0.2, 0.25) is 0 Å². The minimum atomic E-state index is -1.63. The quantitative estimate of drug-likeness (QED) is 0.527. The summed E-state index contributed by atoms with van der Waals surface area (Å²) in [6.07, 6.45) is -0.699. The highest BCUT2D eigenvalue weighted by Gasteiger charge is 2.37. The molecule has 0 amide bonds. The standard InChI is InChI=1S/C24H25N4O/c1-17-15-19(3)27(25-17)23(28-20(4)16-18(2)26-28)24(29,21-11-7-5-8-12-21)22-13-9-6-10-14-22/h5-16,23H,1-4H3/q-1. The third kappa shape index (κ3) is 3.28. The van der Waals surface area contributed by atoms with Crippen molar-refractivity contribution in [3.63, 3.8) is 0 Å². The van der Waals surface area contributed by atoms with Gasteiger partial charge in [-0.2, -0.15) is 10.2 Å². The Hall–Kier alpha value is -3.18. The van der Waals surface area contributed by atoms with Crippen LogP contribution in [0.1, 0.15) is 40.1 Å². The zero-order valence-electron chi connectivity index (χ0n) is 17.2. The number of nitrogens with zero attached hydrogens (tertiary/aromatic N) is 4. The average molecular weight is 385 g/mol. The molecule has 0 atom stereocenters. The van der Waals surface area contributed by atoms with Crippen LogP contribution in [0.2, 0.25) is 0 Å². The van der Waals surface area contributed by atoms with E-state index < -0.39 is 11.8 Å². The molecule has 0 aliphatic carbocycles. The van der Waals surface area contributed by atoms with E-state index in [1.54, 1.807) is 0 Å². The zero-order valence-corrected chi connectivity index (χ0v) is 17.2. The van der Waals surface area contributed by atoms with Crippen LogP contribution in [0.15, 0.2) is 72.8 Å². The lowest BCUT2D eigenvalue weighted by Gasteiger charge is -2.48. The van der Waals surface area contributed by atoms with Crippen molar-refractivity contribution < 1.29 is 5.11 Å². The fourth-order valence-corrected chi connectivity index (χ4v) is 4.07. The lowest BCUT2D eigenvalue weighted by Crippen LogP contribution is -2.53. The van der Waals surface area contributed by atoms with Crippen molar-refractivity contribution in [3.05, 3.63) is 107 Å². The Morgan fingerprint density at radius 3 is 1.38 bits per heavy atom. The first-order valence-electron chi connectivity index (χ1n) is 9.78. The van der Waals surface area contributed by atoms with Crippen molar-refractivity contribution in [2.45, 2.75) is 39.5 Å². The van der Waals surface area contributed by atoms with E-state index in [9.17, 15) is 0 Å². The van der Waals surface area contributed by atoms with E-state index in [1.165, 1.54) is 0 Å². The molecule has 0 N–H and O–H groups in total. The van der Waals surface area contributed by atoms with Crippen LogP contribution in [-0.2, 0) is 5.60 Å². The average Bonchev–Trinajstić information content (AvgIpc) is 3.23. The van der Waals surface area contributed by atoms with Gasteiger partial charge in [0.15, 0.2) is 0 Å². The molecular weight excluding hydrogens is 360 g/mol. The van der Waals surface area contributed by atoms with Crippen molar-refractivity contribution in [2.24, 2.45) is 0 Å². The molecule has 0 radical (unpaired) electrons. The topological polar surface area (TPSA) is 58.7 Å². The highest BCUT2D eigenvalue weighted by molar-refractivity contribution is 5.37.